The zero-order valence-corrected chi connectivity index (χ0v) is 17.2. The lowest BCUT2D eigenvalue weighted by Crippen LogP contribution is -2.40. The number of halogens is 8. The molecular weight excluding hydrogens is 518 g/mol. The van der Waals surface area contributed by atoms with E-state index in [-0.39, 0.29) is 9.69 Å². The first kappa shape index (κ1) is 25.0. The van der Waals surface area contributed by atoms with Gasteiger partial charge in [0.15, 0.2) is 5.69 Å². The Balaban J connectivity index is 2.11. The van der Waals surface area contributed by atoms with Crippen LogP contribution in [0.1, 0.15) is 10.7 Å². The third-order valence-electron chi connectivity index (χ3n) is 3.99. The second kappa shape index (κ2) is 7.97. The lowest BCUT2D eigenvalue weighted by atomic mass is 10.1. The van der Waals surface area contributed by atoms with Crippen molar-refractivity contribution in [1.82, 2.24) is 24.4 Å². The normalized spacial score (nSPS) is 13.7. The van der Waals surface area contributed by atoms with Crippen LogP contribution < -0.4 is 5.56 Å². The van der Waals surface area contributed by atoms with Crippen LogP contribution in [0.2, 0.25) is 0 Å². The van der Waals surface area contributed by atoms with E-state index in [4.69, 9.17) is 4.55 Å². The second-order valence-electron chi connectivity index (χ2n) is 6.49. The van der Waals surface area contributed by atoms with Crippen LogP contribution in [0.25, 0.3) is 16.1 Å². The van der Waals surface area contributed by atoms with Gasteiger partial charge in [0, 0.05) is 18.2 Å². The maximum Gasteiger partial charge on any atom is 0.455 e. The molecule has 0 bridgehead atoms. The molecule has 0 fully saturated rings. The number of nitrogens with zero attached hydrogens (tertiary/aromatic N) is 5. The Morgan fingerprint density at radius 2 is 1.73 bits per heavy atom. The lowest BCUT2D eigenvalue weighted by molar-refractivity contribution is -0.287. The number of aromatic nitrogens is 5. The van der Waals surface area contributed by atoms with Crippen LogP contribution in [0.5, 0.6) is 0 Å². The molecule has 3 aromatic rings. The Labute approximate surface area is 181 Å². The van der Waals surface area contributed by atoms with E-state index in [9.17, 15) is 48.3 Å². The molecule has 0 saturated heterocycles. The van der Waals surface area contributed by atoms with Crippen LogP contribution in [0.15, 0.2) is 17.2 Å². The predicted octanol–water partition coefficient (Wildman–Crippen LogP) is 2.66. The van der Waals surface area contributed by atoms with E-state index in [1.165, 1.54) is 0 Å². The SMILES string of the molecule is O=c1c(-c2cnn(CC(F)(F)C(F)(F)F)c2)c(C(F)(F)F)nc2sc(CCS(=O)(=O)O)nn12. The molecule has 0 aliphatic heterocycles. The predicted molar refractivity (Wildman–Crippen MR) is 94.5 cm³/mol. The first-order chi connectivity index (χ1) is 14.9. The molecule has 0 radical (unpaired) electrons. The summed E-state index contributed by atoms with van der Waals surface area (Å²) >= 11 is 0.422. The Hall–Kier alpha value is -2.67. The minimum atomic E-state index is -5.95. The number of rotatable bonds is 6. The zero-order chi connectivity index (χ0) is 25.0. The third kappa shape index (κ3) is 5.29. The van der Waals surface area contributed by atoms with Crippen molar-refractivity contribution < 1.29 is 48.1 Å². The van der Waals surface area contributed by atoms with E-state index in [2.05, 4.69) is 15.2 Å². The van der Waals surface area contributed by atoms with Crippen LogP contribution in [0.3, 0.4) is 0 Å². The highest BCUT2D eigenvalue weighted by Gasteiger charge is 2.57. The fraction of sp³-hybridized carbons (Fsp3) is 0.429. The standard InChI is InChI=1S/C14H9F8N5O4S2/c15-12(16,14(20,21)22)5-26-4-6(3-23-26)8-9(13(17,18)19)24-11-27(10(8)28)25-7(32-11)1-2-33(29,30)31/h3-4H,1-2,5H2,(H,29,30,31). The molecule has 3 aromatic heterocycles. The van der Waals surface area contributed by atoms with Crippen molar-refractivity contribution in [3.8, 4) is 11.1 Å². The van der Waals surface area contributed by atoms with E-state index in [0.29, 0.717) is 28.2 Å². The van der Waals surface area contributed by atoms with E-state index >= 15 is 0 Å². The van der Waals surface area contributed by atoms with Crippen LogP contribution in [0, 0.1) is 0 Å². The first-order valence-electron chi connectivity index (χ1n) is 8.31. The summed E-state index contributed by atoms with van der Waals surface area (Å²) in [6.45, 7) is -2.05. The Morgan fingerprint density at radius 3 is 2.27 bits per heavy atom. The van der Waals surface area contributed by atoms with Gasteiger partial charge in [0.1, 0.15) is 11.6 Å². The fourth-order valence-corrected chi connectivity index (χ4v) is 4.00. The van der Waals surface area contributed by atoms with Crippen molar-refractivity contribution in [3.05, 3.63) is 33.4 Å². The van der Waals surface area contributed by atoms with Gasteiger partial charge < -0.3 is 0 Å². The number of fused-ring (bicyclic) bond motifs is 1. The van der Waals surface area contributed by atoms with Gasteiger partial charge in [-0.25, -0.2) is 4.98 Å². The van der Waals surface area contributed by atoms with Crippen LogP contribution in [0.4, 0.5) is 35.1 Å². The summed E-state index contributed by atoms with van der Waals surface area (Å²) in [7, 11) is -4.45. The molecule has 3 rings (SSSR count). The first-order valence-corrected chi connectivity index (χ1v) is 10.7. The highest BCUT2D eigenvalue weighted by atomic mass is 32.2. The van der Waals surface area contributed by atoms with Crippen molar-refractivity contribution in [2.24, 2.45) is 0 Å². The van der Waals surface area contributed by atoms with E-state index < -0.39 is 74.5 Å². The molecule has 0 aromatic carbocycles. The highest BCUT2D eigenvalue weighted by Crippen LogP contribution is 2.38. The van der Waals surface area contributed by atoms with Gasteiger partial charge >= 0.3 is 18.3 Å². The molecule has 0 aliphatic carbocycles. The van der Waals surface area contributed by atoms with Crippen molar-refractivity contribution in [1.29, 1.82) is 0 Å². The molecule has 0 saturated carbocycles. The summed E-state index contributed by atoms with van der Waals surface area (Å²) in [6, 6.07) is 0. The molecule has 0 spiro atoms. The Morgan fingerprint density at radius 1 is 1.09 bits per heavy atom. The molecule has 9 nitrogen and oxygen atoms in total. The van der Waals surface area contributed by atoms with Gasteiger partial charge in [-0.1, -0.05) is 11.3 Å². The van der Waals surface area contributed by atoms with Crippen LogP contribution in [-0.4, -0.2) is 55.2 Å². The van der Waals surface area contributed by atoms with E-state index in [1.54, 1.807) is 0 Å². The summed E-state index contributed by atoms with van der Waals surface area (Å²) in [6.07, 6.45) is -10.8. The van der Waals surface area contributed by atoms with Crippen LogP contribution in [-0.2, 0) is 29.3 Å². The minimum Gasteiger partial charge on any atom is -0.286 e. The van der Waals surface area contributed by atoms with Gasteiger partial charge in [0.2, 0.25) is 4.96 Å². The van der Waals surface area contributed by atoms with Gasteiger partial charge in [0.25, 0.3) is 15.7 Å². The highest BCUT2D eigenvalue weighted by molar-refractivity contribution is 7.85. The quantitative estimate of drug-likeness (QED) is 0.387. The van der Waals surface area contributed by atoms with Gasteiger partial charge in [-0.3, -0.25) is 14.0 Å². The van der Waals surface area contributed by atoms with Gasteiger partial charge in [-0.15, -0.1) is 0 Å². The molecule has 182 valence electrons. The van der Waals surface area contributed by atoms with Crippen LogP contribution >= 0.6 is 11.3 Å². The van der Waals surface area contributed by atoms with E-state index in [1.807, 2.05) is 0 Å². The number of aryl methyl sites for hydroxylation is 1. The smallest absolute Gasteiger partial charge is 0.286 e. The molecular formula is C14H9F8N5O4S2. The molecule has 33 heavy (non-hydrogen) atoms. The maximum atomic E-state index is 13.6. The monoisotopic (exact) mass is 527 g/mol. The van der Waals surface area contributed by atoms with Gasteiger partial charge in [0.05, 0.1) is 17.5 Å². The molecule has 3 heterocycles. The molecule has 0 atom stereocenters. The van der Waals surface area contributed by atoms with Gasteiger partial charge in [-0.2, -0.15) is 58.3 Å². The van der Waals surface area contributed by atoms with Gasteiger partial charge in [-0.05, 0) is 0 Å². The van der Waals surface area contributed by atoms with Crippen molar-refractivity contribution >= 4 is 26.4 Å². The molecule has 0 unspecified atom stereocenters. The molecule has 0 aliphatic rings. The van der Waals surface area contributed by atoms with E-state index in [0.717, 1.165) is 0 Å². The average Bonchev–Trinajstić information content (AvgIpc) is 3.24. The van der Waals surface area contributed by atoms with Crippen molar-refractivity contribution in [2.45, 2.75) is 31.2 Å². The number of hydrogen-bond acceptors (Lipinski definition) is 7. The molecule has 19 heteroatoms. The largest absolute Gasteiger partial charge is 0.455 e. The molecule has 0 amide bonds. The zero-order valence-electron chi connectivity index (χ0n) is 15.5. The maximum absolute atomic E-state index is 13.6. The summed E-state index contributed by atoms with van der Waals surface area (Å²) in [4.78, 5) is 15.4. The number of hydrogen-bond donors (Lipinski definition) is 1. The Kier molecular flexibility index (Phi) is 6.03. The average molecular weight is 527 g/mol. The fourth-order valence-electron chi connectivity index (χ4n) is 2.54. The summed E-state index contributed by atoms with van der Waals surface area (Å²) in [5.74, 6) is -6.10. The van der Waals surface area contributed by atoms with Crippen molar-refractivity contribution in [3.63, 3.8) is 0 Å². The Bertz CT molecular complexity index is 1360. The minimum absolute atomic E-state index is 0.0237. The lowest BCUT2D eigenvalue weighted by Gasteiger charge is -2.19. The summed E-state index contributed by atoms with van der Waals surface area (Å²) in [5.41, 5.74) is -5.20. The summed E-state index contributed by atoms with van der Waals surface area (Å²) < 4.78 is 135. The molecule has 1 N–H and O–H groups in total. The second-order valence-corrected chi connectivity index (χ2v) is 9.11. The van der Waals surface area contributed by atoms with Crippen molar-refractivity contribution in [2.75, 3.05) is 5.75 Å². The summed E-state index contributed by atoms with van der Waals surface area (Å²) in [5, 5.41) is 6.65. The topological polar surface area (TPSA) is 119 Å². The number of alkyl halides is 8. The third-order valence-corrected chi connectivity index (χ3v) is 5.68.